The summed E-state index contributed by atoms with van der Waals surface area (Å²) in [6.45, 7) is 5.94. The quantitative estimate of drug-likeness (QED) is 0.511. The van der Waals surface area contributed by atoms with Crippen molar-refractivity contribution in [3.8, 4) is 5.69 Å². The van der Waals surface area contributed by atoms with Crippen molar-refractivity contribution >= 4 is 22.6 Å². The van der Waals surface area contributed by atoms with Gasteiger partial charge in [-0.2, -0.15) is 10.2 Å². The van der Waals surface area contributed by atoms with E-state index in [-0.39, 0.29) is 11.8 Å². The lowest BCUT2D eigenvalue weighted by Gasteiger charge is -2.32. The number of hydrogen-bond donors (Lipinski definition) is 1. The number of aromatic nitrogens is 5. The number of rotatable bonds is 5. The number of pyridine rings is 1. The van der Waals surface area contributed by atoms with Crippen molar-refractivity contribution in [1.82, 2.24) is 30.3 Å². The van der Waals surface area contributed by atoms with Gasteiger partial charge in [-0.1, -0.05) is 24.3 Å². The molecule has 1 fully saturated rings. The van der Waals surface area contributed by atoms with Gasteiger partial charge in [0.15, 0.2) is 5.82 Å². The number of anilines is 1. The molecule has 1 saturated heterocycles. The summed E-state index contributed by atoms with van der Waals surface area (Å²) in [5.74, 6) is 0.704. The summed E-state index contributed by atoms with van der Waals surface area (Å²) in [4.78, 5) is 19.2. The number of hydrogen-bond acceptors (Lipinski definition) is 6. The molecule has 1 amide bonds. The average Bonchev–Trinajstić information content (AvgIpc) is 3.22. The van der Waals surface area contributed by atoms with Crippen molar-refractivity contribution in [1.29, 1.82) is 0 Å². The minimum absolute atomic E-state index is 0.0610. The van der Waals surface area contributed by atoms with Gasteiger partial charge >= 0.3 is 0 Å². The second-order valence-electron chi connectivity index (χ2n) is 8.53. The van der Waals surface area contributed by atoms with E-state index in [9.17, 15) is 4.79 Å². The molecule has 168 valence electrons. The van der Waals surface area contributed by atoms with Crippen molar-refractivity contribution in [3.05, 3.63) is 71.8 Å². The molecule has 8 heteroatoms. The average molecular weight is 442 g/mol. The Kier molecular flexibility index (Phi) is 5.73. The highest BCUT2D eigenvalue weighted by molar-refractivity contribution is 5.92. The van der Waals surface area contributed by atoms with Crippen LogP contribution in [0.25, 0.3) is 16.6 Å². The molecule has 1 N–H and O–H groups in total. The fourth-order valence-electron chi connectivity index (χ4n) is 4.56. The van der Waals surface area contributed by atoms with E-state index in [0.717, 1.165) is 58.7 Å². The topological polar surface area (TPSA) is 88.8 Å². The Morgan fingerprint density at radius 2 is 1.97 bits per heavy atom. The lowest BCUT2D eigenvalue weighted by atomic mass is 9.97. The van der Waals surface area contributed by atoms with Crippen molar-refractivity contribution in [2.45, 2.75) is 33.2 Å². The van der Waals surface area contributed by atoms with Gasteiger partial charge in [-0.25, -0.2) is 4.68 Å². The van der Waals surface area contributed by atoms with Crippen molar-refractivity contribution in [3.63, 3.8) is 0 Å². The first-order valence-electron chi connectivity index (χ1n) is 11.3. The number of carbonyl (C=O) groups is 1. The van der Waals surface area contributed by atoms with E-state index < -0.39 is 0 Å². The Hall–Kier alpha value is -3.81. The number of carbonyl (C=O) groups excluding carboxylic acids is 1. The Labute approximate surface area is 192 Å². The highest BCUT2D eigenvalue weighted by Gasteiger charge is 2.29. The molecule has 1 aliphatic heterocycles. The number of para-hydroxylation sites is 1. The van der Waals surface area contributed by atoms with E-state index in [1.807, 2.05) is 54.1 Å². The van der Waals surface area contributed by atoms with Gasteiger partial charge in [0.25, 0.3) is 0 Å². The second-order valence-corrected chi connectivity index (χ2v) is 8.53. The number of fused-ring (bicyclic) bond motifs is 1. The van der Waals surface area contributed by atoms with Crippen molar-refractivity contribution in [2.75, 3.05) is 18.0 Å². The Balaban J connectivity index is 1.40. The number of piperidine rings is 1. The standard InChI is InChI=1S/C25H27N7O/c1-17-22-18(2)32(21-10-4-3-5-11-21)30-23(22)24(29-28-17)31-13-7-9-20(16-31)25(33)27-15-19-8-6-12-26-14-19/h3-6,8,10-12,14,20H,7,9,13,15-16H2,1-2H3,(H,27,33)/t20-/m1/s1. The van der Waals surface area contributed by atoms with E-state index in [1.165, 1.54) is 0 Å². The molecule has 3 aromatic heterocycles. The van der Waals surface area contributed by atoms with Crippen LogP contribution in [-0.4, -0.2) is 44.0 Å². The molecular weight excluding hydrogens is 414 g/mol. The first-order valence-corrected chi connectivity index (χ1v) is 11.3. The highest BCUT2D eigenvalue weighted by Crippen LogP contribution is 2.31. The maximum atomic E-state index is 12.9. The zero-order chi connectivity index (χ0) is 22.8. The normalized spacial score (nSPS) is 16.2. The summed E-state index contributed by atoms with van der Waals surface area (Å²) in [5.41, 5.74) is 4.72. The van der Waals surface area contributed by atoms with E-state index in [2.05, 4.69) is 32.3 Å². The molecule has 5 rings (SSSR count). The van der Waals surface area contributed by atoms with Crippen LogP contribution < -0.4 is 10.2 Å². The van der Waals surface area contributed by atoms with Crippen LogP contribution >= 0.6 is 0 Å². The van der Waals surface area contributed by atoms with Crippen LogP contribution in [-0.2, 0) is 11.3 Å². The van der Waals surface area contributed by atoms with Crippen LogP contribution in [0, 0.1) is 19.8 Å². The zero-order valence-electron chi connectivity index (χ0n) is 18.9. The number of nitrogens with one attached hydrogen (secondary N) is 1. The van der Waals surface area contributed by atoms with Gasteiger partial charge in [-0.15, -0.1) is 5.10 Å². The summed E-state index contributed by atoms with van der Waals surface area (Å²) in [6, 6.07) is 13.9. The van der Waals surface area contributed by atoms with Crippen LogP contribution in [0.2, 0.25) is 0 Å². The van der Waals surface area contributed by atoms with Gasteiger partial charge in [-0.05, 0) is 50.5 Å². The fraction of sp³-hybridized carbons (Fsp3) is 0.320. The lowest BCUT2D eigenvalue weighted by Crippen LogP contribution is -2.43. The van der Waals surface area contributed by atoms with E-state index in [4.69, 9.17) is 5.10 Å². The molecule has 1 aromatic carbocycles. The maximum absolute atomic E-state index is 12.9. The predicted molar refractivity (Wildman–Crippen MR) is 127 cm³/mol. The SMILES string of the molecule is Cc1nnc(N2CCC[C@@H](C(=O)NCc3cccnc3)C2)c2nn(-c3ccccc3)c(C)c12. The van der Waals surface area contributed by atoms with Crippen LogP contribution in [0.5, 0.6) is 0 Å². The van der Waals surface area contributed by atoms with Crippen LogP contribution in [0.3, 0.4) is 0 Å². The Morgan fingerprint density at radius 1 is 1.12 bits per heavy atom. The molecule has 0 unspecified atom stereocenters. The molecule has 0 aliphatic carbocycles. The molecule has 8 nitrogen and oxygen atoms in total. The molecule has 4 aromatic rings. The predicted octanol–water partition coefficient (Wildman–Crippen LogP) is 3.36. The van der Waals surface area contributed by atoms with Gasteiger partial charge in [-0.3, -0.25) is 9.78 Å². The molecule has 1 atom stereocenters. The summed E-state index contributed by atoms with van der Waals surface area (Å²) >= 11 is 0. The van der Waals surface area contributed by atoms with Crippen LogP contribution in [0.4, 0.5) is 5.82 Å². The maximum Gasteiger partial charge on any atom is 0.225 e. The monoisotopic (exact) mass is 441 g/mol. The minimum Gasteiger partial charge on any atom is -0.352 e. The molecule has 4 heterocycles. The summed E-state index contributed by atoms with van der Waals surface area (Å²) in [5, 5.41) is 18.0. The van der Waals surface area contributed by atoms with Gasteiger partial charge in [0.2, 0.25) is 5.91 Å². The largest absolute Gasteiger partial charge is 0.352 e. The van der Waals surface area contributed by atoms with Crippen LogP contribution in [0.1, 0.15) is 29.8 Å². The van der Waals surface area contributed by atoms with Crippen molar-refractivity contribution in [2.24, 2.45) is 5.92 Å². The number of amides is 1. The number of aryl methyl sites for hydroxylation is 2. The number of benzene rings is 1. The minimum atomic E-state index is -0.106. The molecule has 33 heavy (non-hydrogen) atoms. The lowest BCUT2D eigenvalue weighted by molar-refractivity contribution is -0.125. The zero-order valence-corrected chi connectivity index (χ0v) is 18.9. The third-order valence-corrected chi connectivity index (χ3v) is 6.27. The van der Waals surface area contributed by atoms with Gasteiger partial charge in [0, 0.05) is 32.0 Å². The van der Waals surface area contributed by atoms with E-state index in [0.29, 0.717) is 13.1 Å². The first-order chi connectivity index (χ1) is 16.1. The summed E-state index contributed by atoms with van der Waals surface area (Å²) in [7, 11) is 0. The Bertz CT molecular complexity index is 1270. The third kappa shape index (κ3) is 4.16. The van der Waals surface area contributed by atoms with E-state index in [1.54, 1.807) is 12.4 Å². The number of nitrogens with zero attached hydrogens (tertiary/aromatic N) is 6. The molecular formula is C25H27N7O. The second kappa shape index (κ2) is 8.97. The Morgan fingerprint density at radius 3 is 2.76 bits per heavy atom. The fourth-order valence-corrected chi connectivity index (χ4v) is 4.56. The smallest absolute Gasteiger partial charge is 0.225 e. The van der Waals surface area contributed by atoms with Crippen molar-refractivity contribution < 1.29 is 4.79 Å². The molecule has 0 spiro atoms. The molecule has 0 bridgehead atoms. The summed E-state index contributed by atoms with van der Waals surface area (Å²) < 4.78 is 1.95. The first kappa shape index (κ1) is 21.1. The third-order valence-electron chi connectivity index (χ3n) is 6.27. The van der Waals surface area contributed by atoms with Gasteiger partial charge < -0.3 is 10.2 Å². The van der Waals surface area contributed by atoms with E-state index >= 15 is 0 Å². The van der Waals surface area contributed by atoms with Gasteiger partial charge in [0.05, 0.1) is 28.4 Å². The van der Waals surface area contributed by atoms with Gasteiger partial charge in [0.1, 0.15) is 5.52 Å². The molecule has 1 aliphatic rings. The summed E-state index contributed by atoms with van der Waals surface area (Å²) in [6.07, 6.45) is 5.28. The molecule has 0 saturated carbocycles. The molecule has 0 radical (unpaired) electrons. The highest BCUT2D eigenvalue weighted by atomic mass is 16.1. The van der Waals surface area contributed by atoms with Crippen LogP contribution in [0.15, 0.2) is 54.9 Å².